The maximum Gasteiger partial charge on any atom is 0.126 e. The Morgan fingerprint density at radius 3 is 1.46 bits per heavy atom. The first-order chi connectivity index (χ1) is 13.2. The summed E-state index contributed by atoms with van der Waals surface area (Å²) in [7, 11) is 3.27. The van der Waals surface area contributed by atoms with E-state index < -0.39 is 0 Å². The van der Waals surface area contributed by atoms with Crippen molar-refractivity contribution in [2.24, 2.45) is 0 Å². The number of allylic oxidation sites excluding steroid dienone is 2. The van der Waals surface area contributed by atoms with E-state index in [9.17, 15) is 10.2 Å². The molecule has 4 heteroatoms. The van der Waals surface area contributed by atoms with E-state index in [-0.39, 0.29) is 17.4 Å². The normalized spacial score (nSPS) is 11.1. The molecule has 0 aliphatic heterocycles. The highest BCUT2D eigenvalue weighted by Crippen LogP contribution is 2.42. The SMILES string of the molecule is C=C(C)c1cc(COC)cc(C(C)c2cc(COC)cc(C(=C)C)c2O)c1O. The molecular formula is C24H30O4. The second-order valence-corrected chi connectivity index (χ2v) is 7.31. The molecule has 0 bridgehead atoms. The fourth-order valence-corrected chi connectivity index (χ4v) is 3.42. The number of hydrogen-bond acceptors (Lipinski definition) is 4. The molecule has 2 N–H and O–H groups in total. The van der Waals surface area contributed by atoms with E-state index in [0.29, 0.717) is 35.5 Å². The van der Waals surface area contributed by atoms with Gasteiger partial charge in [0, 0.05) is 42.4 Å². The molecule has 28 heavy (non-hydrogen) atoms. The molecule has 2 aromatic rings. The molecule has 0 amide bonds. The van der Waals surface area contributed by atoms with Crippen molar-refractivity contribution >= 4 is 11.1 Å². The Balaban J connectivity index is 2.69. The van der Waals surface area contributed by atoms with Gasteiger partial charge in [0.05, 0.1) is 13.2 Å². The van der Waals surface area contributed by atoms with Crippen LogP contribution >= 0.6 is 0 Å². The van der Waals surface area contributed by atoms with Gasteiger partial charge in [-0.05, 0) is 60.4 Å². The minimum atomic E-state index is -0.259. The van der Waals surface area contributed by atoms with Crippen LogP contribution in [0.5, 0.6) is 11.5 Å². The van der Waals surface area contributed by atoms with Gasteiger partial charge in [0.1, 0.15) is 11.5 Å². The Hall–Kier alpha value is -2.56. The zero-order chi connectivity index (χ0) is 21.0. The lowest BCUT2D eigenvalue weighted by molar-refractivity contribution is 0.184. The number of rotatable bonds is 8. The fourth-order valence-electron chi connectivity index (χ4n) is 3.42. The van der Waals surface area contributed by atoms with Crippen molar-refractivity contribution < 1.29 is 19.7 Å². The lowest BCUT2D eigenvalue weighted by Crippen LogP contribution is -2.04. The molecule has 0 aliphatic carbocycles. The van der Waals surface area contributed by atoms with Gasteiger partial charge >= 0.3 is 0 Å². The summed E-state index contributed by atoms with van der Waals surface area (Å²) in [6.07, 6.45) is 0. The summed E-state index contributed by atoms with van der Waals surface area (Å²) in [5.41, 5.74) is 6.21. The Labute approximate surface area is 167 Å². The molecule has 0 saturated carbocycles. The van der Waals surface area contributed by atoms with Gasteiger partial charge in [0.2, 0.25) is 0 Å². The minimum absolute atomic E-state index is 0.174. The zero-order valence-corrected chi connectivity index (χ0v) is 17.4. The summed E-state index contributed by atoms with van der Waals surface area (Å²) >= 11 is 0. The van der Waals surface area contributed by atoms with E-state index in [1.165, 1.54) is 0 Å². The molecule has 0 aromatic heterocycles. The first kappa shape index (κ1) is 21.7. The van der Waals surface area contributed by atoms with Gasteiger partial charge in [-0.3, -0.25) is 0 Å². The highest BCUT2D eigenvalue weighted by Gasteiger charge is 2.22. The molecule has 4 nitrogen and oxygen atoms in total. The quantitative estimate of drug-likeness (QED) is 0.623. The Morgan fingerprint density at radius 2 is 1.18 bits per heavy atom. The van der Waals surface area contributed by atoms with Crippen molar-refractivity contribution in [3.05, 3.63) is 70.8 Å². The third-order valence-electron chi connectivity index (χ3n) is 4.87. The predicted octanol–water partition coefficient (Wildman–Crippen LogP) is 5.61. The third kappa shape index (κ3) is 4.46. The van der Waals surface area contributed by atoms with Crippen molar-refractivity contribution in [1.29, 1.82) is 0 Å². The van der Waals surface area contributed by atoms with Crippen LogP contribution in [0.15, 0.2) is 37.4 Å². The van der Waals surface area contributed by atoms with E-state index >= 15 is 0 Å². The summed E-state index contributed by atoms with van der Waals surface area (Å²) in [5.74, 6) is 0.0892. The van der Waals surface area contributed by atoms with Crippen LogP contribution in [0, 0.1) is 0 Å². The topological polar surface area (TPSA) is 58.9 Å². The molecule has 0 radical (unpaired) electrons. The van der Waals surface area contributed by atoms with Gasteiger partial charge in [0.15, 0.2) is 0 Å². The summed E-state index contributed by atoms with van der Waals surface area (Å²) in [6.45, 7) is 14.5. The van der Waals surface area contributed by atoms with Gasteiger partial charge in [-0.15, -0.1) is 0 Å². The smallest absolute Gasteiger partial charge is 0.126 e. The monoisotopic (exact) mass is 382 g/mol. The fraction of sp³-hybridized carbons (Fsp3) is 0.333. The number of methoxy groups -OCH3 is 2. The molecular weight excluding hydrogens is 352 g/mol. The first-order valence-electron chi connectivity index (χ1n) is 9.22. The van der Waals surface area contributed by atoms with E-state index in [1.807, 2.05) is 45.0 Å². The average molecular weight is 383 g/mol. The summed E-state index contributed by atoms with van der Waals surface area (Å²) < 4.78 is 10.6. The number of phenols is 2. The van der Waals surface area contributed by atoms with E-state index in [2.05, 4.69) is 13.2 Å². The van der Waals surface area contributed by atoms with Crippen LogP contribution in [0.25, 0.3) is 11.1 Å². The first-order valence-corrected chi connectivity index (χ1v) is 9.22. The van der Waals surface area contributed by atoms with Crippen LogP contribution in [0.4, 0.5) is 0 Å². The molecule has 0 saturated heterocycles. The van der Waals surface area contributed by atoms with Crippen molar-refractivity contribution in [3.63, 3.8) is 0 Å². The summed E-state index contributed by atoms with van der Waals surface area (Å²) in [6, 6.07) is 7.60. The summed E-state index contributed by atoms with van der Waals surface area (Å²) in [4.78, 5) is 0. The van der Waals surface area contributed by atoms with Gasteiger partial charge in [0.25, 0.3) is 0 Å². The molecule has 0 heterocycles. The largest absolute Gasteiger partial charge is 0.507 e. The van der Waals surface area contributed by atoms with Gasteiger partial charge in [-0.25, -0.2) is 0 Å². The van der Waals surface area contributed by atoms with Gasteiger partial charge in [-0.1, -0.05) is 20.1 Å². The third-order valence-corrected chi connectivity index (χ3v) is 4.87. The lowest BCUT2D eigenvalue weighted by Gasteiger charge is -2.21. The second-order valence-electron chi connectivity index (χ2n) is 7.31. The maximum absolute atomic E-state index is 10.9. The molecule has 150 valence electrons. The Morgan fingerprint density at radius 1 is 0.821 bits per heavy atom. The van der Waals surface area contributed by atoms with E-state index in [4.69, 9.17) is 9.47 Å². The van der Waals surface area contributed by atoms with E-state index in [0.717, 1.165) is 22.3 Å². The van der Waals surface area contributed by atoms with Crippen LogP contribution in [-0.2, 0) is 22.7 Å². The second kappa shape index (κ2) is 9.09. The number of ether oxygens (including phenoxy) is 2. The molecule has 0 fully saturated rings. The van der Waals surface area contributed by atoms with Crippen LogP contribution < -0.4 is 0 Å². The molecule has 0 spiro atoms. The van der Waals surface area contributed by atoms with Crippen molar-refractivity contribution in [3.8, 4) is 11.5 Å². The van der Waals surface area contributed by atoms with Gasteiger partial charge < -0.3 is 19.7 Å². The standard InChI is InChI=1S/C24H30O4/c1-14(2)19-8-17(12-27-6)10-21(23(19)25)16(5)22-11-18(13-28-7)9-20(15(3)4)24(22)26/h8-11,16,25-26H,1,3,12-13H2,2,4-7H3. The van der Waals surface area contributed by atoms with Crippen molar-refractivity contribution in [1.82, 2.24) is 0 Å². The molecule has 2 rings (SSSR count). The van der Waals surface area contributed by atoms with Crippen molar-refractivity contribution in [2.75, 3.05) is 14.2 Å². The molecule has 0 unspecified atom stereocenters. The number of aromatic hydroxyl groups is 2. The zero-order valence-electron chi connectivity index (χ0n) is 17.4. The van der Waals surface area contributed by atoms with Gasteiger partial charge in [-0.2, -0.15) is 0 Å². The minimum Gasteiger partial charge on any atom is -0.507 e. The molecule has 0 aliphatic rings. The number of phenolic OH excluding ortho intramolecular Hbond substituents is 2. The van der Waals surface area contributed by atoms with E-state index in [1.54, 1.807) is 14.2 Å². The summed E-state index contributed by atoms with van der Waals surface area (Å²) in [5, 5.41) is 21.8. The highest BCUT2D eigenvalue weighted by molar-refractivity contribution is 5.72. The Bertz CT molecular complexity index is 822. The maximum atomic E-state index is 10.9. The number of benzene rings is 2. The van der Waals surface area contributed by atoms with Crippen LogP contribution in [0.3, 0.4) is 0 Å². The van der Waals surface area contributed by atoms with Crippen LogP contribution in [0.2, 0.25) is 0 Å². The predicted molar refractivity (Wildman–Crippen MR) is 115 cm³/mol. The van der Waals surface area contributed by atoms with Crippen LogP contribution in [0.1, 0.15) is 60.1 Å². The Kier molecular flexibility index (Phi) is 7.05. The number of hydrogen-bond donors (Lipinski definition) is 2. The lowest BCUT2D eigenvalue weighted by atomic mass is 9.85. The molecule has 0 atom stereocenters. The highest BCUT2D eigenvalue weighted by atomic mass is 16.5. The van der Waals surface area contributed by atoms with Crippen LogP contribution in [-0.4, -0.2) is 24.4 Å². The molecule has 2 aromatic carbocycles. The average Bonchev–Trinajstić information content (AvgIpc) is 2.63. The van der Waals surface area contributed by atoms with Crippen molar-refractivity contribution in [2.45, 2.75) is 39.9 Å².